The SMILES string of the molecule is COCCCCCNS(=O)(=O)c1cc(CNC2CC2)cs1. The first-order chi connectivity index (χ1) is 10.1. The van der Waals surface area contributed by atoms with Crippen molar-refractivity contribution in [2.75, 3.05) is 20.3 Å². The van der Waals surface area contributed by atoms with Gasteiger partial charge < -0.3 is 10.1 Å². The third-order valence-electron chi connectivity index (χ3n) is 3.38. The third kappa shape index (κ3) is 6.04. The molecule has 1 heterocycles. The van der Waals surface area contributed by atoms with Gasteiger partial charge >= 0.3 is 0 Å². The minimum Gasteiger partial charge on any atom is -0.385 e. The molecule has 2 N–H and O–H groups in total. The summed E-state index contributed by atoms with van der Waals surface area (Å²) in [5.74, 6) is 0. The van der Waals surface area contributed by atoms with Crippen molar-refractivity contribution >= 4 is 21.4 Å². The fourth-order valence-corrected chi connectivity index (χ4v) is 4.29. The van der Waals surface area contributed by atoms with E-state index >= 15 is 0 Å². The number of thiophene rings is 1. The van der Waals surface area contributed by atoms with E-state index in [1.807, 2.05) is 5.38 Å². The van der Waals surface area contributed by atoms with Crippen molar-refractivity contribution in [3.05, 3.63) is 17.0 Å². The van der Waals surface area contributed by atoms with E-state index in [1.165, 1.54) is 24.2 Å². The summed E-state index contributed by atoms with van der Waals surface area (Å²) in [6, 6.07) is 2.41. The molecular formula is C14H24N2O3S2. The van der Waals surface area contributed by atoms with Crippen molar-refractivity contribution in [3.63, 3.8) is 0 Å². The standard InChI is InChI=1S/C14H24N2O3S2/c1-19-8-4-2-3-7-16-21(17,18)14-9-12(11-20-14)10-15-13-5-6-13/h9,11,13,15-16H,2-8,10H2,1H3. The van der Waals surface area contributed by atoms with Crippen LogP contribution in [0.15, 0.2) is 15.7 Å². The molecule has 1 aliphatic carbocycles. The van der Waals surface area contributed by atoms with E-state index in [0.29, 0.717) is 16.8 Å². The molecule has 0 aliphatic heterocycles. The van der Waals surface area contributed by atoms with Crippen molar-refractivity contribution in [3.8, 4) is 0 Å². The van der Waals surface area contributed by atoms with Crippen molar-refractivity contribution in [1.82, 2.24) is 10.0 Å². The average Bonchev–Trinajstić information content (AvgIpc) is 3.16. The third-order valence-corrected chi connectivity index (χ3v) is 6.33. The van der Waals surface area contributed by atoms with Gasteiger partial charge in [0.25, 0.3) is 0 Å². The topological polar surface area (TPSA) is 67.4 Å². The Morgan fingerprint density at radius 1 is 1.33 bits per heavy atom. The van der Waals surface area contributed by atoms with E-state index in [0.717, 1.165) is 38.0 Å². The quantitative estimate of drug-likeness (QED) is 0.609. The van der Waals surface area contributed by atoms with Crippen LogP contribution in [0.2, 0.25) is 0 Å². The van der Waals surface area contributed by atoms with Gasteiger partial charge in [-0.1, -0.05) is 0 Å². The predicted octanol–water partition coefficient (Wildman–Crippen LogP) is 2.10. The number of hydrogen-bond acceptors (Lipinski definition) is 5. The Balaban J connectivity index is 1.73. The van der Waals surface area contributed by atoms with Gasteiger partial charge in [0.1, 0.15) is 4.21 Å². The molecule has 5 nitrogen and oxygen atoms in total. The largest absolute Gasteiger partial charge is 0.385 e. The highest BCUT2D eigenvalue weighted by Crippen LogP contribution is 2.23. The van der Waals surface area contributed by atoms with Crippen molar-refractivity contribution < 1.29 is 13.2 Å². The maximum absolute atomic E-state index is 12.1. The molecule has 0 radical (unpaired) electrons. The summed E-state index contributed by atoms with van der Waals surface area (Å²) in [5.41, 5.74) is 1.05. The zero-order valence-electron chi connectivity index (χ0n) is 12.4. The van der Waals surface area contributed by atoms with Crippen molar-refractivity contribution in [2.45, 2.75) is 48.9 Å². The molecule has 1 aromatic heterocycles. The minimum atomic E-state index is -3.35. The van der Waals surface area contributed by atoms with Crippen LogP contribution in [0.25, 0.3) is 0 Å². The molecule has 21 heavy (non-hydrogen) atoms. The Labute approximate surface area is 131 Å². The highest BCUT2D eigenvalue weighted by molar-refractivity contribution is 7.91. The van der Waals surface area contributed by atoms with Crippen LogP contribution in [-0.2, 0) is 21.3 Å². The minimum absolute atomic E-state index is 0.409. The lowest BCUT2D eigenvalue weighted by molar-refractivity contribution is 0.192. The van der Waals surface area contributed by atoms with Crippen molar-refractivity contribution in [2.24, 2.45) is 0 Å². The van der Waals surface area contributed by atoms with Crippen LogP contribution >= 0.6 is 11.3 Å². The van der Waals surface area contributed by atoms with Crippen LogP contribution < -0.4 is 10.0 Å². The highest BCUT2D eigenvalue weighted by Gasteiger charge is 2.21. The Morgan fingerprint density at radius 3 is 2.86 bits per heavy atom. The zero-order valence-corrected chi connectivity index (χ0v) is 14.1. The molecule has 1 aromatic rings. The molecule has 7 heteroatoms. The maximum atomic E-state index is 12.1. The summed E-state index contributed by atoms with van der Waals surface area (Å²) < 4.78 is 32.3. The van der Waals surface area contributed by atoms with E-state index in [2.05, 4.69) is 10.0 Å². The van der Waals surface area contributed by atoms with Gasteiger partial charge in [-0.3, -0.25) is 0 Å². The van der Waals surface area contributed by atoms with E-state index in [4.69, 9.17) is 4.74 Å². The zero-order chi connectivity index (χ0) is 15.1. The van der Waals surface area contributed by atoms with E-state index in [-0.39, 0.29) is 0 Å². The first-order valence-corrected chi connectivity index (χ1v) is 9.77. The molecule has 120 valence electrons. The van der Waals surface area contributed by atoms with Gasteiger partial charge in [-0.2, -0.15) is 0 Å². The number of rotatable bonds is 11. The molecule has 1 aliphatic rings. The van der Waals surface area contributed by atoms with Gasteiger partial charge in [-0.25, -0.2) is 13.1 Å². The van der Waals surface area contributed by atoms with Gasteiger partial charge in [0.05, 0.1) is 0 Å². The molecule has 0 unspecified atom stereocenters. The summed E-state index contributed by atoms with van der Waals surface area (Å²) in [6.07, 6.45) is 5.25. The second-order valence-electron chi connectivity index (χ2n) is 5.38. The van der Waals surface area contributed by atoms with Crippen LogP contribution in [0.3, 0.4) is 0 Å². The van der Waals surface area contributed by atoms with Crippen LogP contribution in [0.5, 0.6) is 0 Å². The smallest absolute Gasteiger partial charge is 0.250 e. The Bertz CT molecular complexity index is 524. The molecule has 0 aromatic carbocycles. The van der Waals surface area contributed by atoms with Gasteiger partial charge in [0, 0.05) is 32.8 Å². The number of nitrogens with one attached hydrogen (secondary N) is 2. The second-order valence-corrected chi connectivity index (χ2v) is 8.29. The maximum Gasteiger partial charge on any atom is 0.250 e. The van der Waals surface area contributed by atoms with E-state index in [9.17, 15) is 8.42 Å². The fourth-order valence-electron chi connectivity index (χ4n) is 1.96. The lowest BCUT2D eigenvalue weighted by Gasteiger charge is -2.04. The summed E-state index contributed by atoms with van der Waals surface area (Å²) in [4.78, 5) is 0. The Kier molecular flexibility index (Phi) is 6.63. The van der Waals surface area contributed by atoms with Gasteiger partial charge in [-0.15, -0.1) is 11.3 Å². The predicted molar refractivity (Wildman–Crippen MR) is 85.1 cm³/mol. The van der Waals surface area contributed by atoms with Gasteiger partial charge in [-0.05, 0) is 49.1 Å². The number of ether oxygens (including phenoxy) is 1. The monoisotopic (exact) mass is 332 g/mol. The molecule has 2 rings (SSSR count). The molecule has 1 fully saturated rings. The van der Waals surface area contributed by atoms with E-state index in [1.54, 1.807) is 13.2 Å². The number of hydrogen-bond donors (Lipinski definition) is 2. The van der Waals surface area contributed by atoms with Crippen molar-refractivity contribution in [1.29, 1.82) is 0 Å². The Morgan fingerprint density at radius 2 is 2.14 bits per heavy atom. The molecule has 0 bridgehead atoms. The van der Waals surface area contributed by atoms with Crippen LogP contribution in [-0.4, -0.2) is 34.7 Å². The van der Waals surface area contributed by atoms with Gasteiger partial charge in [0.2, 0.25) is 10.0 Å². The second kappa shape index (κ2) is 8.24. The molecule has 0 amide bonds. The molecule has 1 saturated carbocycles. The fraction of sp³-hybridized carbons (Fsp3) is 0.714. The van der Waals surface area contributed by atoms with Gasteiger partial charge in [0.15, 0.2) is 0 Å². The molecule has 0 spiro atoms. The molecular weight excluding hydrogens is 308 g/mol. The lowest BCUT2D eigenvalue weighted by Crippen LogP contribution is -2.24. The number of methoxy groups -OCH3 is 1. The summed E-state index contributed by atoms with van der Waals surface area (Å²) in [7, 11) is -1.67. The Hall–Kier alpha value is -0.470. The first-order valence-electron chi connectivity index (χ1n) is 7.41. The lowest BCUT2D eigenvalue weighted by atomic mass is 10.2. The van der Waals surface area contributed by atoms with Crippen LogP contribution in [0.1, 0.15) is 37.7 Å². The average molecular weight is 332 g/mol. The molecule has 0 atom stereocenters. The summed E-state index contributed by atoms with van der Waals surface area (Å²) >= 11 is 1.29. The van der Waals surface area contributed by atoms with E-state index < -0.39 is 10.0 Å². The number of unbranched alkanes of at least 4 members (excludes halogenated alkanes) is 2. The van der Waals surface area contributed by atoms with Crippen LogP contribution in [0, 0.1) is 0 Å². The first kappa shape index (κ1) is 16.9. The normalized spacial score (nSPS) is 15.5. The molecule has 0 saturated heterocycles. The number of sulfonamides is 1. The summed E-state index contributed by atoms with van der Waals surface area (Å²) in [6.45, 7) is 1.97. The summed E-state index contributed by atoms with van der Waals surface area (Å²) in [5, 5.41) is 5.31. The van der Waals surface area contributed by atoms with Crippen LogP contribution in [0.4, 0.5) is 0 Å². The highest BCUT2D eigenvalue weighted by atomic mass is 32.2.